The number of methoxy groups -OCH3 is 1. The van der Waals surface area contributed by atoms with Crippen LogP contribution in [-0.4, -0.2) is 26.0 Å². The van der Waals surface area contributed by atoms with Crippen molar-refractivity contribution in [3.05, 3.63) is 28.8 Å². The highest BCUT2D eigenvalue weighted by Crippen LogP contribution is 2.23. The van der Waals surface area contributed by atoms with Crippen molar-refractivity contribution in [2.45, 2.75) is 19.8 Å². The molecule has 94 valence electrons. The number of hydrogen-bond donors (Lipinski definition) is 1. The summed E-state index contributed by atoms with van der Waals surface area (Å²) in [5.74, 6) is 0.845. The molecule has 0 heterocycles. The number of ether oxygens (including phenoxy) is 1. The summed E-state index contributed by atoms with van der Waals surface area (Å²) >= 11 is 5.90. The normalized spacial score (nSPS) is 10.3. The van der Waals surface area contributed by atoms with Gasteiger partial charge in [-0.3, -0.25) is 4.79 Å². The first kappa shape index (κ1) is 14.0. The Morgan fingerprint density at radius 1 is 1.47 bits per heavy atom. The van der Waals surface area contributed by atoms with Gasteiger partial charge in [-0.15, -0.1) is 0 Å². The Labute approximate surface area is 107 Å². The molecule has 0 aliphatic rings. The van der Waals surface area contributed by atoms with Crippen LogP contribution in [-0.2, 0) is 11.2 Å². The Bertz CT molecular complexity index is 380. The molecule has 0 bridgehead atoms. The standard InChI is InChI=1S/C13H18ClNO2/c1-3-6-15-9-12(16)8-10-7-11(14)4-5-13(10)17-2/h4-5,7,15H,3,6,8-9H2,1-2H3. The maximum Gasteiger partial charge on any atom is 0.151 e. The van der Waals surface area contributed by atoms with E-state index in [-0.39, 0.29) is 5.78 Å². The smallest absolute Gasteiger partial charge is 0.151 e. The fraction of sp³-hybridized carbons (Fsp3) is 0.462. The summed E-state index contributed by atoms with van der Waals surface area (Å²) in [6, 6.07) is 5.31. The van der Waals surface area contributed by atoms with Crippen LogP contribution in [0.1, 0.15) is 18.9 Å². The Hall–Kier alpha value is -1.06. The molecule has 17 heavy (non-hydrogen) atoms. The predicted octanol–water partition coefficient (Wildman–Crippen LogP) is 2.46. The van der Waals surface area contributed by atoms with Crippen molar-refractivity contribution in [1.29, 1.82) is 0 Å². The minimum atomic E-state index is 0.138. The van der Waals surface area contributed by atoms with Gasteiger partial charge in [0.2, 0.25) is 0 Å². The number of nitrogens with one attached hydrogen (secondary N) is 1. The Morgan fingerprint density at radius 2 is 2.24 bits per heavy atom. The van der Waals surface area contributed by atoms with E-state index >= 15 is 0 Å². The summed E-state index contributed by atoms with van der Waals surface area (Å²) in [6.07, 6.45) is 1.37. The van der Waals surface area contributed by atoms with Gasteiger partial charge in [0.25, 0.3) is 0 Å². The van der Waals surface area contributed by atoms with Crippen LogP contribution in [0.4, 0.5) is 0 Å². The molecule has 0 spiro atoms. The van der Waals surface area contributed by atoms with E-state index in [2.05, 4.69) is 12.2 Å². The summed E-state index contributed by atoms with van der Waals surface area (Å²) in [5, 5.41) is 3.70. The predicted molar refractivity (Wildman–Crippen MR) is 69.9 cm³/mol. The van der Waals surface area contributed by atoms with Gasteiger partial charge in [0, 0.05) is 17.0 Å². The molecule has 0 saturated heterocycles. The van der Waals surface area contributed by atoms with Crippen molar-refractivity contribution in [2.75, 3.05) is 20.2 Å². The molecule has 0 radical (unpaired) electrons. The summed E-state index contributed by atoms with van der Waals surface area (Å²) in [7, 11) is 1.59. The monoisotopic (exact) mass is 255 g/mol. The van der Waals surface area contributed by atoms with Gasteiger partial charge in [-0.2, -0.15) is 0 Å². The van der Waals surface area contributed by atoms with Gasteiger partial charge >= 0.3 is 0 Å². The molecule has 1 aromatic carbocycles. The summed E-state index contributed by atoms with van der Waals surface area (Å²) in [4.78, 5) is 11.7. The zero-order valence-corrected chi connectivity index (χ0v) is 11.0. The van der Waals surface area contributed by atoms with E-state index < -0.39 is 0 Å². The average Bonchev–Trinajstić information content (AvgIpc) is 2.29. The highest BCUT2D eigenvalue weighted by atomic mass is 35.5. The molecular weight excluding hydrogens is 238 g/mol. The summed E-state index contributed by atoms with van der Waals surface area (Å²) in [6.45, 7) is 3.32. The van der Waals surface area contributed by atoms with E-state index in [1.54, 1.807) is 25.3 Å². The van der Waals surface area contributed by atoms with Gasteiger partial charge in [0.15, 0.2) is 5.78 Å². The average molecular weight is 256 g/mol. The number of benzene rings is 1. The van der Waals surface area contributed by atoms with Crippen LogP contribution in [0, 0.1) is 0 Å². The van der Waals surface area contributed by atoms with Gasteiger partial charge in [0.05, 0.1) is 13.7 Å². The number of ketones is 1. The quantitative estimate of drug-likeness (QED) is 0.761. The van der Waals surface area contributed by atoms with Gasteiger partial charge in [-0.1, -0.05) is 18.5 Å². The van der Waals surface area contributed by atoms with Crippen LogP contribution >= 0.6 is 11.6 Å². The first-order valence-electron chi connectivity index (χ1n) is 5.72. The van der Waals surface area contributed by atoms with E-state index in [1.165, 1.54) is 0 Å². The third kappa shape index (κ3) is 4.75. The fourth-order valence-corrected chi connectivity index (χ4v) is 1.76. The molecular formula is C13H18ClNO2. The molecule has 0 aromatic heterocycles. The zero-order chi connectivity index (χ0) is 12.7. The number of carbonyl (C=O) groups excluding carboxylic acids is 1. The summed E-state index contributed by atoms with van der Waals surface area (Å²) < 4.78 is 5.20. The lowest BCUT2D eigenvalue weighted by atomic mass is 10.1. The largest absolute Gasteiger partial charge is 0.496 e. The highest BCUT2D eigenvalue weighted by molar-refractivity contribution is 6.30. The maximum absolute atomic E-state index is 11.7. The van der Waals surface area contributed by atoms with E-state index in [1.807, 2.05) is 0 Å². The molecule has 0 saturated carbocycles. The van der Waals surface area contributed by atoms with Crippen molar-refractivity contribution >= 4 is 17.4 Å². The van der Waals surface area contributed by atoms with Gasteiger partial charge in [-0.05, 0) is 31.2 Å². The van der Waals surface area contributed by atoms with Crippen molar-refractivity contribution in [1.82, 2.24) is 5.32 Å². The van der Waals surface area contributed by atoms with E-state index in [0.29, 0.717) is 23.7 Å². The van der Waals surface area contributed by atoms with Crippen molar-refractivity contribution in [3.63, 3.8) is 0 Å². The summed E-state index contributed by atoms with van der Waals surface area (Å²) in [5.41, 5.74) is 0.836. The molecule has 3 nitrogen and oxygen atoms in total. The Balaban J connectivity index is 2.60. The van der Waals surface area contributed by atoms with Crippen LogP contribution in [0.3, 0.4) is 0 Å². The van der Waals surface area contributed by atoms with Crippen LogP contribution in [0.15, 0.2) is 18.2 Å². The molecule has 0 fully saturated rings. The molecule has 1 aromatic rings. The lowest BCUT2D eigenvalue weighted by Gasteiger charge is -2.08. The van der Waals surface area contributed by atoms with Gasteiger partial charge in [-0.25, -0.2) is 0 Å². The van der Waals surface area contributed by atoms with Crippen LogP contribution in [0.25, 0.3) is 0 Å². The number of rotatable bonds is 7. The third-order valence-corrected chi connectivity index (χ3v) is 2.61. The molecule has 0 aliphatic heterocycles. The number of Topliss-reactive ketones (excluding diaryl/α,β-unsaturated/α-hetero) is 1. The fourth-order valence-electron chi connectivity index (χ4n) is 1.56. The van der Waals surface area contributed by atoms with Gasteiger partial charge < -0.3 is 10.1 Å². The topological polar surface area (TPSA) is 38.3 Å². The highest BCUT2D eigenvalue weighted by Gasteiger charge is 2.09. The molecule has 0 amide bonds. The van der Waals surface area contributed by atoms with E-state index in [0.717, 1.165) is 18.5 Å². The second kappa shape index (κ2) is 7.30. The second-order valence-electron chi connectivity index (χ2n) is 3.85. The van der Waals surface area contributed by atoms with Crippen LogP contribution < -0.4 is 10.1 Å². The molecule has 0 aliphatic carbocycles. The lowest BCUT2D eigenvalue weighted by Crippen LogP contribution is -2.24. The van der Waals surface area contributed by atoms with Crippen molar-refractivity contribution in [2.24, 2.45) is 0 Å². The van der Waals surface area contributed by atoms with E-state index in [9.17, 15) is 4.79 Å². The number of halogens is 1. The zero-order valence-electron chi connectivity index (χ0n) is 10.3. The van der Waals surface area contributed by atoms with E-state index in [4.69, 9.17) is 16.3 Å². The SMILES string of the molecule is CCCNCC(=O)Cc1cc(Cl)ccc1OC. The lowest BCUT2D eigenvalue weighted by molar-refractivity contribution is -0.117. The minimum absolute atomic E-state index is 0.138. The first-order chi connectivity index (χ1) is 8.17. The maximum atomic E-state index is 11.7. The van der Waals surface area contributed by atoms with Crippen molar-refractivity contribution < 1.29 is 9.53 Å². The van der Waals surface area contributed by atoms with Crippen LogP contribution in [0.5, 0.6) is 5.75 Å². The number of hydrogen-bond acceptors (Lipinski definition) is 3. The Morgan fingerprint density at radius 3 is 2.88 bits per heavy atom. The van der Waals surface area contributed by atoms with Gasteiger partial charge in [0.1, 0.15) is 5.75 Å². The number of carbonyl (C=O) groups is 1. The molecule has 0 atom stereocenters. The molecule has 0 unspecified atom stereocenters. The molecule has 1 rings (SSSR count). The van der Waals surface area contributed by atoms with Crippen LogP contribution in [0.2, 0.25) is 5.02 Å². The minimum Gasteiger partial charge on any atom is -0.496 e. The molecule has 1 N–H and O–H groups in total. The Kier molecular flexibility index (Phi) is 6.01. The first-order valence-corrected chi connectivity index (χ1v) is 6.10. The molecule has 4 heteroatoms. The second-order valence-corrected chi connectivity index (χ2v) is 4.28. The van der Waals surface area contributed by atoms with Crippen molar-refractivity contribution in [3.8, 4) is 5.75 Å². The third-order valence-electron chi connectivity index (χ3n) is 2.38.